The predicted octanol–water partition coefficient (Wildman–Crippen LogP) is 2.17. The summed E-state index contributed by atoms with van der Waals surface area (Å²) < 4.78 is 49.0. The van der Waals surface area contributed by atoms with Crippen molar-refractivity contribution in [2.24, 2.45) is 0 Å². The Morgan fingerprint density at radius 1 is 1.43 bits per heavy atom. The van der Waals surface area contributed by atoms with E-state index in [2.05, 4.69) is 5.32 Å². The largest absolute Gasteiger partial charge is 0.416 e. The number of carbonyl (C=O) groups is 1. The fraction of sp³-hybridized carbons (Fsp3) is 0.462. The number of nitrogen functional groups attached to an aromatic ring is 1. The number of nitrogens with one attached hydrogen (secondary N) is 1. The van der Waals surface area contributed by atoms with E-state index in [1.54, 1.807) is 13.2 Å². The van der Waals surface area contributed by atoms with Crippen molar-refractivity contribution in [2.75, 3.05) is 18.5 Å². The Bertz CT molecular complexity index is 547. The highest BCUT2D eigenvalue weighted by Crippen LogP contribution is 2.31. The van der Waals surface area contributed by atoms with Gasteiger partial charge in [0.05, 0.1) is 11.1 Å². The number of anilines is 1. The number of rotatable bonds is 5. The first kappa shape index (κ1) is 17.5. The molecular weight excluding hydrogens is 305 g/mol. The van der Waals surface area contributed by atoms with E-state index < -0.39 is 28.4 Å². The molecule has 1 aromatic carbocycles. The van der Waals surface area contributed by atoms with Gasteiger partial charge in [-0.05, 0) is 24.6 Å². The van der Waals surface area contributed by atoms with E-state index in [1.807, 2.05) is 0 Å². The van der Waals surface area contributed by atoms with Gasteiger partial charge in [-0.1, -0.05) is 6.92 Å². The molecule has 21 heavy (non-hydrogen) atoms. The van der Waals surface area contributed by atoms with Gasteiger partial charge in [0.1, 0.15) is 0 Å². The highest BCUT2D eigenvalue weighted by Gasteiger charge is 2.31. The van der Waals surface area contributed by atoms with Crippen LogP contribution in [0.4, 0.5) is 18.9 Å². The zero-order valence-electron chi connectivity index (χ0n) is 11.7. The summed E-state index contributed by atoms with van der Waals surface area (Å²) in [5.74, 6) is -0.673. The van der Waals surface area contributed by atoms with Gasteiger partial charge in [0, 0.05) is 34.5 Å². The van der Waals surface area contributed by atoms with Gasteiger partial charge in [-0.25, -0.2) is 0 Å². The second kappa shape index (κ2) is 6.93. The Labute approximate surface area is 123 Å². The van der Waals surface area contributed by atoms with Crippen molar-refractivity contribution in [1.82, 2.24) is 5.32 Å². The summed E-state index contributed by atoms with van der Waals surface area (Å²) in [5, 5.41) is 2.38. The molecule has 0 aliphatic carbocycles. The van der Waals surface area contributed by atoms with Crippen LogP contribution in [0.1, 0.15) is 29.3 Å². The molecule has 1 aromatic rings. The minimum Gasteiger partial charge on any atom is -0.398 e. The van der Waals surface area contributed by atoms with Crippen LogP contribution in [-0.2, 0) is 17.0 Å². The van der Waals surface area contributed by atoms with E-state index in [9.17, 15) is 22.2 Å². The zero-order valence-corrected chi connectivity index (χ0v) is 12.5. The number of amides is 1. The van der Waals surface area contributed by atoms with Gasteiger partial charge >= 0.3 is 6.18 Å². The predicted molar refractivity (Wildman–Crippen MR) is 76.3 cm³/mol. The van der Waals surface area contributed by atoms with E-state index >= 15 is 0 Å². The van der Waals surface area contributed by atoms with Crippen LogP contribution >= 0.6 is 0 Å². The van der Waals surface area contributed by atoms with Crippen LogP contribution in [0.5, 0.6) is 0 Å². The van der Waals surface area contributed by atoms with Crippen LogP contribution in [0.25, 0.3) is 0 Å². The summed E-state index contributed by atoms with van der Waals surface area (Å²) >= 11 is 0. The second-order valence-corrected chi connectivity index (χ2v) is 6.46. The third-order valence-electron chi connectivity index (χ3n) is 3.03. The van der Waals surface area contributed by atoms with Gasteiger partial charge in [0.15, 0.2) is 0 Å². The molecule has 2 atom stereocenters. The molecule has 8 heteroatoms. The first-order valence-corrected chi connectivity index (χ1v) is 7.82. The van der Waals surface area contributed by atoms with Crippen molar-refractivity contribution in [3.05, 3.63) is 29.3 Å². The maximum absolute atomic E-state index is 12.6. The van der Waals surface area contributed by atoms with Gasteiger partial charge in [-0.2, -0.15) is 13.2 Å². The third-order valence-corrected chi connectivity index (χ3v) is 4.40. The zero-order chi connectivity index (χ0) is 16.2. The average molecular weight is 322 g/mol. The van der Waals surface area contributed by atoms with Crippen LogP contribution in [0.15, 0.2) is 18.2 Å². The molecule has 0 saturated heterocycles. The highest BCUT2D eigenvalue weighted by molar-refractivity contribution is 7.84. The molecule has 4 nitrogen and oxygen atoms in total. The molecule has 0 saturated carbocycles. The van der Waals surface area contributed by atoms with Gasteiger partial charge in [0.25, 0.3) is 5.91 Å². The molecule has 0 heterocycles. The molecule has 1 rings (SSSR count). The fourth-order valence-electron chi connectivity index (χ4n) is 1.58. The molecule has 2 unspecified atom stereocenters. The lowest BCUT2D eigenvalue weighted by atomic mass is 10.1. The van der Waals surface area contributed by atoms with Crippen molar-refractivity contribution >= 4 is 22.4 Å². The maximum Gasteiger partial charge on any atom is 0.416 e. The lowest BCUT2D eigenvalue weighted by molar-refractivity contribution is -0.137. The standard InChI is InChI=1S/C13H17F3N2O2S/c1-8(21(2)20)5-6-18-12(19)10-7-9(13(14,15)16)3-4-11(10)17/h3-4,7-8H,5-6,17H2,1-2H3,(H,18,19). The monoisotopic (exact) mass is 322 g/mol. The minimum absolute atomic E-state index is 0.0207. The summed E-state index contributed by atoms with van der Waals surface area (Å²) in [6.45, 7) is 1.98. The lowest BCUT2D eigenvalue weighted by Gasteiger charge is -2.12. The lowest BCUT2D eigenvalue weighted by Crippen LogP contribution is -2.28. The number of hydrogen-bond acceptors (Lipinski definition) is 3. The Morgan fingerprint density at radius 3 is 2.57 bits per heavy atom. The van der Waals surface area contributed by atoms with E-state index in [4.69, 9.17) is 5.73 Å². The summed E-state index contributed by atoms with van der Waals surface area (Å²) in [6, 6.07) is 2.61. The number of halogens is 3. The normalized spacial score (nSPS) is 14.5. The molecule has 118 valence electrons. The van der Waals surface area contributed by atoms with Gasteiger partial charge in [-0.15, -0.1) is 0 Å². The molecule has 0 spiro atoms. The Hall–Kier alpha value is -1.57. The second-order valence-electron chi connectivity index (χ2n) is 4.65. The van der Waals surface area contributed by atoms with Crippen LogP contribution < -0.4 is 11.1 Å². The number of nitrogens with two attached hydrogens (primary N) is 1. The molecule has 3 N–H and O–H groups in total. The van der Waals surface area contributed by atoms with Crippen LogP contribution in [-0.4, -0.2) is 28.2 Å². The Morgan fingerprint density at radius 2 is 2.05 bits per heavy atom. The smallest absolute Gasteiger partial charge is 0.398 e. The molecule has 0 aliphatic heterocycles. The average Bonchev–Trinajstić information content (AvgIpc) is 2.37. The molecule has 1 amide bonds. The molecular formula is C13H17F3N2O2S. The summed E-state index contributed by atoms with van der Waals surface area (Å²) in [6.07, 6.45) is -2.51. The number of hydrogen-bond donors (Lipinski definition) is 2. The molecule has 0 aromatic heterocycles. The van der Waals surface area contributed by atoms with Crippen molar-refractivity contribution < 1.29 is 22.2 Å². The van der Waals surface area contributed by atoms with Gasteiger partial charge in [0.2, 0.25) is 0 Å². The molecule has 0 radical (unpaired) electrons. The highest BCUT2D eigenvalue weighted by atomic mass is 32.2. The van der Waals surface area contributed by atoms with E-state index in [0.717, 1.165) is 18.2 Å². The van der Waals surface area contributed by atoms with Crippen molar-refractivity contribution in [1.29, 1.82) is 0 Å². The van der Waals surface area contributed by atoms with Crippen LogP contribution in [0, 0.1) is 0 Å². The molecule has 0 aliphatic rings. The summed E-state index contributed by atoms with van der Waals surface area (Å²) in [4.78, 5) is 11.9. The Kier molecular flexibility index (Phi) is 5.77. The topological polar surface area (TPSA) is 72.2 Å². The summed E-state index contributed by atoms with van der Waals surface area (Å²) in [7, 11) is -1.01. The SMILES string of the molecule is CC(CCNC(=O)c1cc(C(F)(F)F)ccc1N)S(C)=O. The maximum atomic E-state index is 12.6. The number of carbonyl (C=O) groups excluding carboxylic acids is 1. The first-order chi connectivity index (χ1) is 9.62. The Balaban J connectivity index is 2.76. The van der Waals surface area contributed by atoms with Crippen LogP contribution in [0.2, 0.25) is 0 Å². The number of benzene rings is 1. The van der Waals surface area contributed by atoms with E-state index in [-0.39, 0.29) is 23.0 Å². The van der Waals surface area contributed by atoms with E-state index in [0.29, 0.717) is 6.42 Å². The third kappa shape index (κ3) is 5.04. The van der Waals surface area contributed by atoms with Crippen molar-refractivity contribution in [3.8, 4) is 0 Å². The van der Waals surface area contributed by atoms with Crippen LogP contribution in [0.3, 0.4) is 0 Å². The number of alkyl halides is 3. The van der Waals surface area contributed by atoms with Gasteiger partial charge < -0.3 is 11.1 Å². The molecule has 0 bridgehead atoms. The van der Waals surface area contributed by atoms with Gasteiger partial charge in [-0.3, -0.25) is 9.00 Å². The first-order valence-electron chi connectivity index (χ1n) is 6.20. The minimum atomic E-state index is -4.53. The van der Waals surface area contributed by atoms with Crippen molar-refractivity contribution in [3.63, 3.8) is 0 Å². The van der Waals surface area contributed by atoms with Crippen molar-refractivity contribution in [2.45, 2.75) is 24.8 Å². The van der Waals surface area contributed by atoms with E-state index in [1.165, 1.54) is 0 Å². The fourth-order valence-corrected chi connectivity index (χ4v) is 2.03. The molecule has 0 fully saturated rings. The summed E-state index contributed by atoms with van der Waals surface area (Å²) in [5.41, 5.74) is 4.38. The quantitative estimate of drug-likeness (QED) is 0.816.